The predicted octanol–water partition coefficient (Wildman–Crippen LogP) is 4.77. The van der Waals surface area contributed by atoms with Gasteiger partial charge in [-0.3, -0.25) is 4.79 Å². The number of aromatic nitrogens is 1. The lowest BCUT2D eigenvalue weighted by atomic mass is 10.1. The van der Waals surface area contributed by atoms with Crippen LogP contribution in [0.25, 0.3) is 10.2 Å². The number of unbranched alkanes of at least 4 members (excludes halogenated alkanes) is 1. The van der Waals surface area contributed by atoms with Crippen molar-refractivity contribution >= 4 is 37.5 Å². The average Bonchev–Trinajstić information content (AvgIpc) is 3.50. The van der Waals surface area contributed by atoms with Crippen molar-refractivity contribution in [3.8, 4) is 0 Å². The van der Waals surface area contributed by atoms with E-state index >= 15 is 0 Å². The maximum atomic E-state index is 13.0. The molecule has 1 unspecified atom stereocenters. The van der Waals surface area contributed by atoms with Crippen LogP contribution < -0.4 is 4.80 Å². The van der Waals surface area contributed by atoms with Gasteiger partial charge in [0.25, 0.3) is 5.91 Å². The zero-order chi connectivity index (χ0) is 25.7. The normalized spacial score (nSPS) is 16.8. The smallest absolute Gasteiger partial charge is 0.279 e. The molecule has 1 amide bonds. The third-order valence-corrected chi connectivity index (χ3v) is 9.25. The summed E-state index contributed by atoms with van der Waals surface area (Å²) < 4.78 is 35.8. The molecule has 0 saturated carbocycles. The number of amides is 1. The van der Waals surface area contributed by atoms with Crippen molar-refractivity contribution in [1.29, 1.82) is 0 Å². The van der Waals surface area contributed by atoms with Crippen LogP contribution in [0.15, 0.2) is 65.0 Å². The maximum Gasteiger partial charge on any atom is 0.279 e. The Morgan fingerprint density at radius 3 is 2.72 bits per heavy atom. The van der Waals surface area contributed by atoms with Crippen LogP contribution in [0.2, 0.25) is 0 Å². The molecule has 1 saturated heterocycles. The largest absolute Gasteiger partial charge is 0.377 e. The lowest BCUT2D eigenvalue weighted by molar-refractivity contribution is 0.0979. The van der Waals surface area contributed by atoms with E-state index in [0.29, 0.717) is 30.1 Å². The number of allylic oxidation sites excluding steroid dienone is 1. The fourth-order valence-corrected chi connectivity index (χ4v) is 6.62. The van der Waals surface area contributed by atoms with Crippen LogP contribution in [0, 0.1) is 0 Å². The van der Waals surface area contributed by atoms with Crippen molar-refractivity contribution in [2.24, 2.45) is 4.99 Å². The van der Waals surface area contributed by atoms with Crippen LogP contribution >= 0.6 is 11.3 Å². The van der Waals surface area contributed by atoms with E-state index < -0.39 is 15.9 Å². The number of hydrogen-bond donors (Lipinski definition) is 0. The topological polar surface area (TPSA) is 81.0 Å². The summed E-state index contributed by atoms with van der Waals surface area (Å²) in [5.74, 6) is -0.415. The molecule has 1 aromatic heterocycles. The Labute approximate surface area is 216 Å². The highest BCUT2D eigenvalue weighted by molar-refractivity contribution is 7.89. The number of ether oxygens (including phenoxy) is 1. The number of aryl methyl sites for hydroxylation is 1. The Bertz CT molecular complexity index is 1400. The summed E-state index contributed by atoms with van der Waals surface area (Å²) in [5.41, 5.74) is 2.62. The van der Waals surface area contributed by atoms with Crippen molar-refractivity contribution in [3.63, 3.8) is 0 Å². The minimum absolute atomic E-state index is 0.0734. The number of hydrogen-bond acceptors (Lipinski definition) is 5. The van der Waals surface area contributed by atoms with Gasteiger partial charge in [-0.1, -0.05) is 36.8 Å². The molecule has 192 valence electrons. The minimum Gasteiger partial charge on any atom is -0.377 e. The van der Waals surface area contributed by atoms with Crippen molar-refractivity contribution < 1.29 is 17.9 Å². The molecule has 36 heavy (non-hydrogen) atoms. The molecule has 0 N–H and O–H groups in total. The summed E-state index contributed by atoms with van der Waals surface area (Å²) in [6.07, 6.45) is 6.82. The van der Waals surface area contributed by atoms with Crippen LogP contribution in [0.5, 0.6) is 0 Å². The van der Waals surface area contributed by atoms with E-state index in [1.165, 1.54) is 45.5 Å². The van der Waals surface area contributed by atoms with Crippen LogP contribution in [-0.2, 0) is 27.7 Å². The number of rotatable bonds is 10. The molecule has 2 heterocycles. The van der Waals surface area contributed by atoms with Crippen LogP contribution in [-0.4, -0.2) is 49.5 Å². The Balaban J connectivity index is 1.58. The highest BCUT2D eigenvalue weighted by Crippen LogP contribution is 2.22. The molecule has 0 radical (unpaired) electrons. The van der Waals surface area contributed by atoms with E-state index in [1.54, 1.807) is 13.1 Å². The van der Waals surface area contributed by atoms with Gasteiger partial charge in [0.1, 0.15) is 0 Å². The number of thiazole rings is 1. The molecule has 0 bridgehead atoms. The second kappa shape index (κ2) is 11.6. The molecule has 2 aromatic carbocycles. The van der Waals surface area contributed by atoms with Gasteiger partial charge < -0.3 is 9.30 Å². The van der Waals surface area contributed by atoms with Crippen molar-refractivity contribution in [2.75, 3.05) is 20.2 Å². The summed E-state index contributed by atoms with van der Waals surface area (Å²) in [5, 5.41) is 0. The first kappa shape index (κ1) is 26.5. The van der Waals surface area contributed by atoms with E-state index in [0.717, 1.165) is 42.3 Å². The lowest BCUT2D eigenvalue weighted by Crippen LogP contribution is -2.34. The van der Waals surface area contributed by atoms with E-state index in [-0.39, 0.29) is 11.0 Å². The Morgan fingerprint density at radius 1 is 1.28 bits per heavy atom. The fraction of sp³-hybridized carbons (Fsp3) is 0.407. The van der Waals surface area contributed by atoms with Crippen molar-refractivity contribution in [2.45, 2.75) is 56.6 Å². The van der Waals surface area contributed by atoms with Crippen LogP contribution in [0.1, 0.15) is 48.5 Å². The average molecular weight is 528 g/mol. The number of likely N-dealkylation sites (N-methyl/N-ethyl adjacent to an activating group) is 1. The molecule has 0 spiro atoms. The van der Waals surface area contributed by atoms with Gasteiger partial charge in [-0.05, 0) is 67.6 Å². The van der Waals surface area contributed by atoms with E-state index in [9.17, 15) is 13.2 Å². The quantitative estimate of drug-likeness (QED) is 0.356. The van der Waals surface area contributed by atoms with Gasteiger partial charge in [0.05, 0.1) is 21.2 Å². The standard InChI is InChI=1S/C27H33N3O4S2/c1-4-6-8-20-10-15-24-25(18-20)35-27(30(24)16-5-2)28-26(31)21-11-13-23(14-12-21)36(32,33)29(3)19-22-9-7-17-34-22/h5,10-15,18,22H,2,4,6-9,16-17,19H2,1,3H3. The third kappa shape index (κ3) is 5.86. The molecule has 1 aliphatic rings. The minimum atomic E-state index is -3.67. The van der Waals surface area contributed by atoms with Crippen LogP contribution in [0.4, 0.5) is 0 Å². The summed E-state index contributed by atoms with van der Waals surface area (Å²) in [4.78, 5) is 18.1. The number of sulfonamides is 1. The van der Waals surface area contributed by atoms with E-state index in [2.05, 4.69) is 36.7 Å². The number of carbonyl (C=O) groups is 1. The van der Waals surface area contributed by atoms with Gasteiger partial charge in [-0.2, -0.15) is 9.30 Å². The third-order valence-electron chi connectivity index (χ3n) is 6.37. The first-order chi connectivity index (χ1) is 17.3. The molecule has 3 aromatic rings. The van der Waals surface area contributed by atoms with E-state index in [4.69, 9.17) is 4.74 Å². The Kier molecular flexibility index (Phi) is 8.56. The van der Waals surface area contributed by atoms with Crippen LogP contribution in [0.3, 0.4) is 0 Å². The zero-order valence-electron chi connectivity index (χ0n) is 20.9. The molecular weight excluding hydrogens is 494 g/mol. The van der Waals surface area contributed by atoms with Gasteiger partial charge in [0.15, 0.2) is 4.80 Å². The molecule has 9 heteroatoms. The van der Waals surface area contributed by atoms with Gasteiger partial charge in [0, 0.05) is 32.3 Å². The van der Waals surface area contributed by atoms with Gasteiger partial charge in [-0.15, -0.1) is 6.58 Å². The Morgan fingerprint density at radius 2 is 2.06 bits per heavy atom. The number of fused-ring (bicyclic) bond motifs is 1. The number of carbonyl (C=O) groups excluding carboxylic acids is 1. The zero-order valence-corrected chi connectivity index (χ0v) is 22.5. The summed E-state index contributed by atoms with van der Waals surface area (Å²) >= 11 is 1.47. The monoisotopic (exact) mass is 527 g/mol. The molecule has 1 atom stereocenters. The highest BCUT2D eigenvalue weighted by Gasteiger charge is 2.26. The number of benzene rings is 2. The van der Waals surface area contributed by atoms with Gasteiger partial charge >= 0.3 is 0 Å². The fourth-order valence-electron chi connectivity index (χ4n) is 4.32. The highest BCUT2D eigenvalue weighted by atomic mass is 32.2. The first-order valence-electron chi connectivity index (χ1n) is 12.3. The van der Waals surface area contributed by atoms with Gasteiger partial charge in [0.2, 0.25) is 10.0 Å². The number of nitrogens with zero attached hydrogens (tertiary/aromatic N) is 3. The maximum absolute atomic E-state index is 13.0. The molecule has 0 aliphatic carbocycles. The van der Waals surface area contributed by atoms with Crippen molar-refractivity contribution in [1.82, 2.24) is 8.87 Å². The molecular formula is C27H33N3O4S2. The predicted molar refractivity (Wildman–Crippen MR) is 144 cm³/mol. The SMILES string of the molecule is C=CCn1c(=NC(=O)c2ccc(S(=O)(=O)N(C)CC3CCCO3)cc2)sc2cc(CCCC)ccc21. The second-order valence-electron chi connectivity index (χ2n) is 9.05. The lowest BCUT2D eigenvalue weighted by Gasteiger charge is -2.20. The molecule has 4 rings (SSSR count). The molecule has 1 aliphatic heterocycles. The van der Waals surface area contributed by atoms with Crippen molar-refractivity contribution in [3.05, 3.63) is 71.0 Å². The summed E-state index contributed by atoms with van der Waals surface area (Å²) in [6.45, 7) is 7.54. The van der Waals surface area contributed by atoms with E-state index in [1.807, 2.05) is 4.57 Å². The Hall–Kier alpha value is -2.59. The second-order valence-corrected chi connectivity index (χ2v) is 12.1. The molecule has 7 nitrogen and oxygen atoms in total. The summed E-state index contributed by atoms with van der Waals surface area (Å²) in [6, 6.07) is 12.4. The van der Waals surface area contributed by atoms with Gasteiger partial charge in [-0.25, -0.2) is 8.42 Å². The molecule has 1 fully saturated rings. The first-order valence-corrected chi connectivity index (χ1v) is 14.6. The summed E-state index contributed by atoms with van der Waals surface area (Å²) in [7, 11) is -2.12.